The fourth-order valence-electron chi connectivity index (χ4n) is 3.18. The van der Waals surface area contributed by atoms with E-state index in [-0.39, 0.29) is 41.8 Å². The van der Waals surface area contributed by atoms with Crippen LogP contribution in [0.4, 0.5) is 5.82 Å². The molecule has 9 nitrogen and oxygen atoms in total. The van der Waals surface area contributed by atoms with Crippen LogP contribution in [0.3, 0.4) is 0 Å². The van der Waals surface area contributed by atoms with E-state index in [0.29, 0.717) is 25.8 Å². The minimum atomic E-state index is -3.76. The van der Waals surface area contributed by atoms with Crippen molar-refractivity contribution in [1.82, 2.24) is 10.3 Å². The van der Waals surface area contributed by atoms with E-state index < -0.39 is 19.9 Å². The first-order valence-electron chi connectivity index (χ1n) is 10.0. The minimum Gasteiger partial charge on any atom is -0.437 e. The van der Waals surface area contributed by atoms with E-state index in [9.17, 15) is 21.6 Å². The number of carbonyl (C=O) groups is 1. The number of hydrogen-bond donors (Lipinski definition) is 2. The molecule has 0 radical (unpaired) electrons. The Morgan fingerprint density at radius 1 is 1.09 bits per heavy atom. The predicted octanol–water partition coefficient (Wildman–Crippen LogP) is 3.33. The summed E-state index contributed by atoms with van der Waals surface area (Å²) < 4.78 is 56.3. The number of anilines is 1. The Morgan fingerprint density at radius 3 is 2.33 bits per heavy atom. The second kappa shape index (κ2) is 9.97. The minimum absolute atomic E-state index is 0.0687. The van der Waals surface area contributed by atoms with E-state index >= 15 is 0 Å². The Labute approximate surface area is 206 Å². The Bertz CT molecular complexity index is 1400. The smallest absolute Gasteiger partial charge is 0.255 e. The van der Waals surface area contributed by atoms with Gasteiger partial charge in [0, 0.05) is 24.6 Å². The number of rotatable bonds is 9. The maximum absolute atomic E-state index is 12.6. The Morgan fingerprint density at radius 2 is 1.73 bits per heavy atom. The van der Waals surface area contributed by atoms with Crippen LogP contribution in [0.15, 0.2) is 34.7 Å². The van der Waals surface area contributed by atoms with Crippen molar-refractivity contribution in [3.63, 3.8) is 0 Å². The van der Waals surface area contributed by atoms with Crippen molar-refractivity contribution in [3.05, 3.63) is 45.0 Å². The van der Waals surface area contributed by atoms with Gasteiger partial charge in [0.1, 0.15) is 15.6 Å². The van der Waals surface area contributed by atoms with E-state index in [1.165, 1.54) is 7.05 Å². The van der Waals surface area contributed by atoms with Crippen LogP contribution in [-0.4, -0.2) is 52.5 Å². The van der Waals surface area contributed by atoms with Crippen molar-refractivity contribution in [2.24, 2.45) is 0 Å². The zero-order chi connectivity index (χ0) is 24.4. The number of sulfonamides is 1. The molecule has 178 valence electrons. The molecule has 0 saturated heterocycles. The van der Waals surface area contributed by atoms with Crippen LogP contribution in [-0.2, 0) is 19.9 Å². The second-order valence-corrected chi connectivity index (χ2v) is 12.9. The first-order valence-corrected chi connectivity index (χ1v) is 14.8. The molecule has 0 aliphatic rings. The molecule has 0 aliphatic carbocycles. The lowest BCUT2D eigenvalue weighted by atomic mass is 10.0. The van der Waals surface area contributed by atoms with Crippen LogP contribution < -0.4 is 10.0 Å². The SMILES string of the molecule is CNC(=O)c1c(-c2ccc(C)cc2)oc2nc(NS(=O)(=O)CCCCS(C)(=O)=O)c(I)cc12. The van der Waals surface area contributed by atoms with E-state index in [1.54, 1.807) is 6.07 Å². The molecular weight excluding hydrogens is 581 g/mol. The number of halogens is 1. The summed E-state index contributed by atoms with van der Waals surface area (Å²) in [5.41, 5.74) is 2.19. The number of nitrogens with zero attached hydrogens (tertiary/aromatic N) is 1. The van der Waals surface area contributed by atoms with Gasteiger partial charge in [-0.1, -0.05) is 29.8 Å². The normalized spacial score (nSPS) is 12.1. The Balaban J connectivity index is 1.95. The van der Waals surface area contributed by atoms with Crippen LogP contribution in [0.2, 0.25) is 0 Å². The monoisotopic (exact) mass is 605 g/mol. The first-order chi connectivity index (χ1) is 15.4. The van der Waals surface area contributed by atoms with E-state index in [1.807, 2.05) is 53.8 Å². The van der Waals surface area contributed by atoms with Crippen LogP contribution in [0, 0.1) is 10.5 Å². The van der Waals surface area contributed by atoms with Crippen molar-refractivity contribution >= 4 is 65.3 Å². The highest BCUT2D eigenvalue weighted by Crippen LogP contribution is 2.35. The molecule has 2 heterocycles. The molecule has 3 aromatic rings. The molecule has 0 atom stereocenters. The van der Waals surface area contributed by atoms with Crippen molar-refractivity contribution < 1.29 is 26.0 Å². The lowest BCUT2D eigenvalue weighted by molar-refractivity contribution is 0.0964. The fraction of sp³-hybridized carbons (Fsp3) is 0.333. The lowest BCUT2D eigenvalue weighted by Crippen LogP contribution is -2.19. The van der Waals surface area contributed by atoms with Gasteiger partial charge in [-0.25, -0.2) is 16.8 Å². The molecule has 0 bridgehead atoms. The number of fused-ring (bicyclic) bond motifs is 1. The van der Waals surface area contributed by atoms with Crippen molar-refractivity contribution in [3.8, 4) is 11.3 Å². The van der Waals surface area contributed by atoms with Gasteiger partial charge in [-0.3, -0.25) is 9.52 Å². The number of pyridine rings is 1. The summed E-state index contributed by atoms with van der Waals surface area (Å²) in [6.07, 6.45) is 1.56. The zero-order valence-electron chi connectivity index (χ0n) is 18.3. The average molecular weight is 605 g/mol. The Kier molecular flexibility index (Phi) is 7.69. The number of sulfone groups is 1. The number of aryl methyl sites for hydroxylation is 1. The fourth-order valence-corrected chi connectivity index (χ4v) is 5.80. The molecule has 33 heavy (non-hydrogen) atoms. The van der Waals surface area contributed by atoms with Crippen LogP contribution in [0.1, 0.15) is 28.8 Å². The third-order valence-corrected chi connectivity index (χ3v) is 8.02. The molecular formula is C21H24IN3O6S2. The average Bonchev–Trinajstić information content (AvgIpc) is 3.08. The largest absolute Gasteiger partial charge is 0.437 e. The van der Waals surface area contributed by atoms with Gasteiger partial charge in [0.15, 0.2) is 5.82 Å². The van der Waals surface area contributed by atoms with Gasteiger partial charge < -0.3 is 9.73 Å². The van der Waals surface area contributed by atoms with Crippen molar-refractivity contribution in [1.29, 1.82) is 0 Å². The van der Waals surface area contributed by atoms with E-state index in [0.717, 1.165) is 11.8 Å². The number of hydrogen-bond acceptors (Lipinski definition) is 7. The number of furan rings is 1. The zero-order valence-corrected chi connectivity index (χ0v) is 22.1. The third-order valence-electron chi connectivity index (χ3n) is 4.83. The number of nitrogens with one attached hydrogen (secondary N) is 2. The summed E-state index contributed by atoms with van der Waals surface area (Å²) in [6.45, 7) is 1.95. The van der Waals surface area contributed by atoms with E-state index in [2.05, 4.69) is 15.0 Å². The summed E-state index contributed by atoms with van der Waals surface area (Å²) in [4.78, 5) is 17.0. The quantitative estimate of drug-likeness (QED) is 0.282. The van der Waals surface area contributed by atoms with Gasteiger partial charge in [0.25, 0.3) is 5.91 Å². The van der Waals surface area contributed by atoms with Crippen LogP contribution in [0.5, 0.6) is 0 Å². The number of carbonyl (C=O) groups excluding carboxylic acids is 1. The van der Waals surface area contributed by atoms with Crippen molar-refractivity contribution in [2.45, 2.75) is 19.8 Å². The molecule has 0 saturated carbocycles. The molecule has 3 rings (SSSR count). The summed E-state index contributed by atoms with van der Waals surface area (Å²) in [5.74, 6) is -0.233. The highest BCUT2D eigenvalue weighted by molar-refractivity contribution is 14.1. The molecule has 0 fully saturated rings. The third kappa shape index (κ3) is 6.44. The lowest BCUT2D eigenvalue weighted by Gasteiger charge is -2.09. The summed E-state index contributed by atoms with van der Waals surface area (Å²) in [7, 11) is -5.38. The number of benzene rings is 1. The molecule has 0 spiro atoms. The molecule has 1 amide bonds. The van der Waals surface area contributed by atoms with Gasteiger partial charge in [0.2, 0.25) is 15.7 Å². The molecule has 2 aromatic heterocycles. The molecule has 2 N–H and O–H groups in total. The summed E-state index contributed by atoms with van der Waals surface area (Å²) in [5, 5.41) is 3.07. The summed E-state index contributed by atoms with van der Waals surface area (Å²) in [6, 6.07) is 9.12. The molecule has 0 unspecified atom stereocenters. The van der Waals surface area contributed by atoms with Gasteiger partial charge in [0.05, 0.1) is 20.3 Å². The number of amides is 1. The molecule has 0 aliphatic heterocycles. The molecule has 12 heteroatoms. The first kappa shape index (κ1) is 25.4. The van der Waals surface area contributed by atoms with Gasteiger partial charge in [-0.2, -0.15) is 4.98 Å². The standard InChI is InChI=1S/C21H24IN3O6S2/c1-13-6-8-14(9-7-13)18-17(20(26)23-2)15-12-16(22)19(24-21(15)31-18)25-33(29,30)11-5-4-10-32(3,27)28/h6-9,12H,4-5,10-11H2,1-3H3,(H,23,26)(H,24,25). The number of aromatic nitrogens is 1. The maximum Gasteiger partial charge on any atom is 0.255 e. The number of unbranched alkanes of at least 4 members (excludes halogenated alkanes) is 1. The topological polar surface area (TPSA) is 135 Å². The summed E-state index contributed by atoms with van der Waals surface area (Å²) >= 11 is 1.94. The van der Waals surface area contributed by atoms with Crippen LogP contribution >= 0.6 is 22.6 Å². The Hall–Kier alpha value is -2.19. The molecule has 1 aromatic carbocycles. The van der Waals surface area contributed by atoms with Gasteiger partial charge in [-0.15, -0.1) is 0 Å². The second-order valence-electron chi connectivity index (χ2n) is 7.68. The van der Waals surface area contributed by atoms with E-state index in [4.69, 9.17) is 4.42 Å². The van der Waals surface area contributed by atoms with Gasteiger partial charge in [-0.05, 0) is 48.4 Å². The highest BCUT2D eigenvalue weighted by Gasteiger charge is 2.24. The van der Waals surface area contributed by atoms with Crippen LogP contribution in [0.25, 0.3) is 22.4 Å². The highest BCUT2D eigenvalue weighted by atomic mass is 127. The van der Waals surface area contributed by atoms with Crippen molar-refractivity contribution in [2.75, 3.05) is 29.5 Å². The predicted molar refractivity (Wildman–Crippen MR) is 137 cm³/mol. The maximum atomic E-state index is 12.6. The van der Waals surface area contributed by atoms with Gasteiger partial charge >= 0.3 is 0 Å².